The van der Waals surface area contributed by atoms with Crippen LogP contribution in [0.4, 0.5) is 5.69 Å². The van der Waals surface area contributed by atoms with Gasteiger partial charge in [0.1, 0.15) is 0 Å². The first-order valence-electron chi connectivity index (χ1n) is 8.10. The van der Waals surface area contributed by atoms with Crippen LogP contribution in [0.15, 0.2) is 12.1 Å². The fourth-order valence-corrected chi connectivity index (χ4v) is 3.40. The molecule has 0 amide bonds. The zero-order chi connectivity index (χ0) is 16.1. The van der Waals surface area contributed by atoms with Gasteiger partial charge in [-0.1, -0.05) is 25.4 Å². The van der Waals surface area contributed by atoms with Crippen molar-refractivity contribution in [2.45, 2.75) is 38.6 Å². The topological polar surface area (TPSA) is 62.3 Å². The smallest absolute Gasteiger partial charge is 0.0645 e. The fourth-order valence-electron chi connectivity index (χ4n) is 3.07. The van der Waals surface area contributed by atoms with Crippen LogP contribution in [0.5, 0.6) is 0 Å². The van der Waals surface area contributed by atoms with Gasteiger partial charge >= 0.3 is 0 Å². The highest BCUT2D eigenvalue weighted by Crippen LogP contribution is 2.35. The van der Waals surface area contributed by atoms with E-state index in [1.807, 2.05) is 26.0 Å². The Bertz CT molecular complexity index is 509. The van der Waals surface area contributed by atoms with Crippen molar-refractivity contribution in [3.05, 3.63) is 28.3 Å². The number of rotatable bonds is 3. The van der Waals surface area contributed by atoms with Crippen molar-refractivity contribution in [1.82, 2.24) is 4.90 Å². The van der Waals surface area contributed by atoms with E-state index in [2.05, 4.69) is 4.90 Å². The van der Waals surface area contributed by atoms with Crippen LogP contribution in [-0.4, -0.2) is 43.5 Å². The summed E-state index contributed by atoms with van der Waals surface area (Å²) < 4.78 is 5.26. The van der Waals surface area contributed by atoms with Gasteiger partial charge in [0.05, 0.1) is 19.3 Å². The summed E-state index contributed by atoms with van der Waals surface area (Å²) in [5, 5.41) is 8.05. The number of benzene rings is 1. The van der Waals surface area contributed by atoms with E-state index < -0.39 is 0 Å². The van der Waals surface area contributed by atoms with Gasteiger partial charge in [-0.2, -0.15) is 0 Å². The summed E-state index contributed by atoms with van der Waals surface area (Å²) >= 11 is 6.36. The van der Waals surface area contributed by atoms with E-state index >= 15 is 0 Å². The molecule has 0 radical (unpaired) electrons. The normalized spacial score (nSPS) is 20.0. The molecule has 3 rings (SSSR count). The van der Waals surface area contributed by atoms with Crippen LogP contribution in [0, 0.1) is 5.41 Å². The minimum absolute atomic E-state index is 0.474. The second kappa shape index (κ2) is 7.95. The summed E-state index contributed by atoms with van der Waals surface area (Å²) in [4.78, 5) is 2.52. The number of likely N-dealkylation sites (tertiary alicyclic amines) is 1. The van der Waals surface area contributed by atoms with Gasteiger partial charge < -0.3 is 15.9 Å². The maximum absolute atomic E-state index is 7.32. The molecule has 0 bridgehead atoms. The number of ether oxygens (including phenoxy) is 1. The molecule has 2 aliphatic rings. The monoisotopic (exact) mass is 323 g/mol. The standard InChI is InChI=1S/C15H20ClN3O.C2H6/c16-14-5-11(7-17)15(18)6-13(14)10-1-3-19(4-2-10)12-8-20-9-12;1-2/h5-7,10,12,17H,1-4,8-9,18H2;1-2H3. The van der Waals surface area contributed by atoms with Crippen LogP contribution < -0.4 is 5.73 Å². The molecule has 22 heavy (non-hydrogen) atoms. The molecular formula is C17H26ClN3O. The lowest BCUT2D eigenvalue weighted by molar-refractivity contribution is -0.0712. The summed E-state index contributed by atoms with van der Waals surface area (Å²) in [7, 11) is 0. The molecule has 2 fully saturated rings. The molecule has 1 aromatic rings. The number of anilines is 1. The van der Waals surface area contributed by atoms with E-state index in [4.69, 9.17) is 27.5 Å². The average Bonchev–Trinajstić information content (AvgIpc) is 2.50. The third kappa shape index (κ3) is 3.62. The van der Waals surface area contributed by atoms with Crippen molar-refractivity contribution < 1.29 is 4.74 Å². The van der Waals surface area contributed by atoms with Gasteiger partial charge in [0.15, 0.2) is 0 Å². The Kier molecular flexibility index (Phi) is 6.24. The first-order valence-corrected chi connectivity index (χ1v) is 8.48. The lowest BCUT2D eigenvalue weighted by atomic mass is 9.88. The van der Waals surface area contributed by atoms with E-state index in [1.165, 1.54) is 6.21 Å². The Morgan fingerprint density at radius 1 is 1.27 bits per heavy atom. The minimum atomic E-state index is 0.474. The Labute approximate surface area is 138 Å². The molecule has 2 heterocycles. The molecule has 0 atom stereocenters. The molecule has 2 saturated heterocycles. The second-order valence-electron chi connectivity index (χ2n) is 5.65. The van der Waals surface area contributed by atoms with Gasteiger partial charge in [-0.05, 0) is 49.5 Å². The Morgan fingerprint density at radius 2 is 1.91 bits per heavy atom. The summed E-state index contributed by atoms with van der Waals surface area (Å²) in [6, 6.07) is 4.39. The zero-order valence-corrected chi connectivity index (χ0v) is 14.2. The van der Waals surface area contributed by atoms with Gasteiger partial charge in [-0.15, -0.1) is 0 Å². The first kappa shape index (κ1) is 17.3. The third-order valence-corrected chi connectivity index (χ3v) is 4.79. The van der Waals surface area contributed by atoms with Crippen LogP contribution >= 0.6 is 11.6 Å². The molecule has 0 saturated carbocycles. The molecule has 5 heteroatoms. The van der Waals surface area contributed by atoms with E-state index in [0.29, 0.717) is 23.2 Å². The molecule has 1 aromatic carbocycles. The van der Waals surface area contributed by atoms with Crippen LogP contribution in [-0.2, 0) is 4.74 Å². The van der Waals surface area contributed by atoms with Crippen molar-refractivity contribution in [3.63, 3.8) is 0 Å². The molecule has 0 aromatic heterocycles. The zero-order valence-electron chi connectivity index (χ0n) is 13.4. The number of nitrogen functional groups attached to an aromatic ring is 1. The molecule has 0 unspecified atom stereocenters. The van der Waals surface area contributed by atoms with Crippen molar-refractivity contribution >= 4 is 23.5 Å². The summed E-state index contributed by atoms with van der Waals surface area (Å²) in [5.41, 5.74) is 8.46. The van der Waals surface area contributed by atoms with Crippen LogP contribution in [0.3, 0.4) is 0 Å². The highest BCUT2D eigenvalue weighted by atomic mass is 35.5. The van der Waals surface area contributed by atoms with E-state index in [0.717, 1.165) is 49.7 Å². The maximum Gasteiger partial charge on any atom is 0.0645 e. The van der Waals surface area contributed by atoms with Crippen LogP contribution in [0.25, 0.3) is 0 Å². The number of hydrogen-bond acceptors (Lipinski definition) is 4. The Hall–Kier alpha value is -1.10. The molecule has 122 valence electrons. The van der Waals surface area contributed by atoms with Crippen molar-refractivity contribution in [2.24, 2.45) is 0 Å². The van der Waals surface area contributed by atoms with Gasteiger partial charge in [0.25, 0.3) is 0 Å². The second-order valence-corrected chi connectivity index (χ2v) is 6.06. The summed E-state index contributed by atoms with van der Waals surface area (Å²) in [6.45, 7) is 7.96. The first-order chi connectivity index (χ1) is 10.7. The highest BCUT2D eigenvalue weighted by molar-refractivity contribution is 6.31. The van der Waals surface area contributed by atoms with Crippen LogP contribution in [0.2, 0.25) is 5.02 Å². The number of nitrogens with two attached hydrogens (primary N) is 1. The number of nitrogens with one attached hydrogen (secondary N) is 1. The lowest BCUT2D eigenvalue weighted by Gasteiger charge is -2.41. The number of halogens is 1. The SMILES string of the molecule is CC.N=Cc1cc(Cl)c(C2CCN(C3COC3)CC2)cc1N. The van der Waals surface area contributed by atoms with Gasteiger partial charge in [0.2, 0.25) is 0 Å². The van der Waals surface area contributed by atoms with Crippen molar-refractivity contribution in [3.8, 4) is 0 Å². The quantitative estimate of drug-likeness (QED) is 0.661. The van der Waals surface area contributed by atoms with E-state index in [1.54, 1.807) is 0 Å². The predicted octanol–water partition coefficient (Wildman–Crippen LogP) is 3.52. The fraction of sp³-hybridized carbons (Fsp3) is 0.588. The molecule has 3 N–H and O–H groups in total. The average molecular weight is 324 g/mol. The van der Waals surface area contributed by atoms with Gasteiger partial charge in [-0.3, -0.25) is 4.90 Å². The number of hydrogen-bond donors (Lipinski definition) is 2. The minimum Gasteiger partial charge on any atom is -0.398 e. The highest BCUT2D eigenvalue weighted by Gasteiger charge is 2.30. The van der Waals surface area contributed by atoms with Crippen LogP contribution in [0.1, 0.15) is 43.7 Å². The van der Waals surface area contributed by atoms with Crippen molar-refractivity contribution in [1.29, 1.82) is 5.41 Å². The molecular weight excluding hydrogens is 298 g/mol. The molecule has 0 aliphatic carbocycles. The Morgan fingerprint density at radius 3 is 2.41 bits per heavy atom. The van der Waals surface area contributed by atoms with E-state index in [9.17, 15) is 0 Å². The largest absolute Gasteiger partial charge is 0.398 e. The Balaban J connectivity index is 0.000000847. The summed E-state index contributed by atoms with van der Waals surface area (Å²) in [5.74, 6) is 0.474. The maximum atomic E-state index is 7.32. The third-order valence-electron chi connectivity index (χ3n) is 4.46. The number of piperidine rings is 1. The molecule has 0 spiro atoms. The molecule has 4 nitrogen and oxygen atoms in total. The lowest BCUT2D eigenvalue weighted by Crippen LogP contribution is -2.51. The van der Waals surface area contributed by atoms with E-state index in [-0.39, 0.29) is 0 Å². The number of nitrogens with zero attached hydrogens (tertiary/aromatic N) is 1. The van der Waals surface area contributed by atoms with Gasteiger partial charge in [0, 0.05) is 22.5 Å². The summed E-state index contributed by atoms with van der Waals surface area (Å²) in [6.07, 6.45) is 3.48. The van der Waals surface area contributed by atoms with Gasteiger partial charge in [-0.25, -0.2) is 0 Å². The van der Waals surface area contributed by atoms with Crippen molar-refractivity contribution in [2.75, 3.05) is 32.0 Å². The predicted molar refractivity (Wildman–Crippen MR) is 93.3 cm³/mol. The molecule has 2 aliphatic heterocycles.